The van der Waals surface area contributed by atoms with Crippen LogP contribution < -0.4 is 0 Å². The average Bonchev–Trinajstić information content (AvgIpc) is 3.12. The van der Waals surface area contributed by atoms with Crippen molar-refractivity contribution in [2.75, 3.05) is 6.61 Å². The molecular weight excluding hydrogens is 348 g/mol. The molecule has 3 unspecified atom stereocenters. The molecule has 0 amide bonds. The molecule has 1 fully saturated rings. The highest BCUT2D eigenvalue weighted by molar-refractivity contribution is 7.89. The summed E-state index contributed by atoms with van der Waals surface area (Å²) in [6.07, 6.45) is 0. The lowest BCUT2D eigenvalue weighted by molar-refractivity contribution is 0.267. The molecule has 136 valence electrons. The number of benzene rings is 2. The van der Waals surface area contributed by atoms with Crippen molar-refractivity contribution in [3.63, 3.8) is 0 Å². The molecule has 3 atom stereocenters. The van der Waals surface area contributed by atoms with Crippen molar-refractivity contribution in [2.45, 2.75) is 42.8 Å². The van der Waals surface area contributed by atoms with Gasteiger partial charge in [0.15, 0.2) is 0 Å². The number of hydrogen-bond donors (Lipinski definition) is 0. The Morgan fingerprint density at radius 3 is 2.12 bits per heavy atom. The summed E-state index contributed by atoms with van der Waals surface area (Å²) in [6, 6.07) is 17.8. The molecule has 0 radical (unpaired) electrons. The van der Waals surface area contributed by atoms with E-state index >= 15 is 0 Å². The van der Waals surface area contributed by atoms with E-state index in [0.717, 1.165) is 5.56 Å². The molecule has 0 saturated carbocycles. The van der Waals surface area contributed by atoms with E-state index in [9.17, 15) is 8.42 Å². The summed E-state index contributed by atoms with van der Waals surface area (Å²) in [5.41, 5.74) is -0.223. The van der Waals surface area contributed by atoms with Crippen molar-refractivity contribution >= 4 is 15.9 Å². The fraction of sp³-hybridized carbons (Fsp3) is 0.350. The zero-order valence-corrected chi connectivity index (χ0v) is 15.9. The first-order valence-electron chi connectivity index (χ1n) is 8.64. The minimum absolute atomic E-state index is 0.280. The molecule has 2 heterocycles. The molecule has 1 saturated heterocycles. The molecule has 6 heteroatoms. The van der Waals surface area contributed by atoms with Gasteiger partial charge in [0.25, 0.3) is 0 Å². The third-order valence-corrected chi connectivity index (χ3v) is 6.95. The topological polar surface area (TPSA) is 58.7 Å². The first-order chi connectivity index (χ1) is 12.3. The fourth-order valence-electron chi connectivity index (χ4n) is 3.60. The molecular formula is C20H22N2O3S. The van der Waals surface area contributed by atoms with Crippen LogP contribution in [0.5, 0.6) is 0 Å². The van der Waals surface area contributed by atoms with Crippen LogP contribution in [0.1, 0.15) is 32.4 Å². The average molecular weight is 370 g/mol. The van der Waals surface area contributed by atoms with Crippen LogP contribution >= 0.6 is 0 Å². The zero-order valence-electron chi connectivity index (χ0n) is 15.1. The Morgan fingerprint density at radius 1 is 1.00 bits per heavy atom. The first-order valence-corrected chi connectivity index (χ1v) is 10.1. The van der Waals surface area contributed by atoms with E-state index in [1.807, 2.05) is 57.2 Å². The van der Waals surface area contributed by atoms with Gasteiger partial charge < -0.3 is 4.74 Å². The molecule has 0 bridgehead atoms. The Labute approximate surface area is 154 Å². The quantitative estimate of drug-likeness (QED) is 0.775. The lowest BCUT2D eigenvalue weighted by atomic mass is 10.0. The van der Waals surface area contributed by atoms with E-state index in [1.165, 1.54) is 4.31 Å². The van der Waals surface area contributed by atoms with E-state index in [1.54, 1.807) is 24.3 Å². The van der Waals surface area contributed by atoms with Crippen LogP contribution in [0.2, 0.25) is 0 Å². The standard InChI is InChI=1S/C20H22N2O3S/c1-19(2)14-25-18(21-19)20(3)17(15-10-6-4-7-11-15)22(20)26(23,24)16-12-8-5-9-13-16/h4-13,17H,14H2,1-3H3. The third-order valence-electron chi connectivity index (χ3n) is 4.97. The minimum atomic E-state index is -3.67. The molecule has 0 aromatic heterocycles. The maximum atomic E-state index is 13.3. The van der Waals surface area contributed by atoms with Crippen LogP contribution in [0.15, 0.2) is 70.6 Å². The SMILES string of the molecule is CC1(C)COC(C2(C)C(c3ccccc3)N2S(=O)(=O)c2ccccc2)=N1. The van der Waals surface area contributed by atoms with E-state index in [2.05, 4.69) is 4.99 Å². The summed E-state index contributed by atoms with van der Waals surface area (Å²) < 4.78 is 34.0. The van der Waals surface area contributed by atoms with Gasteiger partial charge in [0.2, 0.25) is 15.9 Å². The molecule has 26 heavy (non-hydrogen) atoms. The molecule has 2 aromatic rings. The van der Waals surface area contributed by atoms with Gasteiger partial charge in [0.1, 0.15) is 12.1 Å². The van der Waals surface area contributed by atoms with Crippen molar-refractivity contribution in [1.29, 1.82) is 0 Å². The largest absolute Gasteiger partial charge is 0.477 e. The Balaban J connectivity index is 1.82. The van der Waals surface area contributed by atoms with Crippen molar-refractivity contribution < 1.29 is 13.2 Å². The molecule has 2 aromatic carbocycles. The summed E-state index contributed by atoms with van der Waals surface area (Å²) >= 11 is 0. The predicted molar refractivity (Wildman–Crippen MR) is 101 cm³/mol. The van der Waals surface area contributed by atoms with E-state index in [-0.39, 0.29) is 16.5 Å². The maximum Gasteiger partial charge on any atom is 0.244 e. The van der Waals surface area contributed by atoms with Crippen molar-refractivity contribution in [2.24, 2.45) is 4.99 Å². The van der Waals surface area contributed by atoms with Gasteiger partial charge in [-0.2, -0.15) is 4.31 Å². The first kappa shape index (κ1) is 17.2. The Bertz CT molecular complexity index is 955. The van der Waals surface area contributed by atoms with Gasteiger partial charge in [0.05, 0.1) is 16.5 Å². The zero-order chi connectivity index (χ0) is 18.6. The summed E-state index contributed by atoms with van der Waals surface area (Å²) in [5, 5.41) is 0. The van der Waals surface area contributed by atoms with Gasteiger partial charge in [-0.15, -0.1) is 0 Å². The number of ether oxygens (including phenoxy) is 1. The second kappa shape index (κ2) is 5.66. The molecule has 0 spiro atoms. The monoisotopic (exact) mass is 370 g/mol. The van der Waals surface area contributed by atoms with Gasteiger partial charge in [-0.1, -0.05) is 48.5 Å². The molecule has 2 aliphatic heterocycles. The summed E-state index contributed by atoms with van der Waals surface area (Å²) in [7, 11) is -3.67. The molecule has 2 aliphatic rings. The number of rotatable bonds is 4. The van der Waals surface area contributed by atoms with Gasteiger partial charge in [-0.05, 0) is 38.5 Å². The minimum Gasteiger partial charge on any atom is -0.477 e. The predicted octanol–water partition coefficient (Wildman–Crippen LogP) is 3.40. The highest BCUT2D eigenvalue weighted by Crippen LogP contribution is 2.58. The van der Waals surface area contributed by atoms with Gasteiger partial charge in [-0.3, -0.25) is 0 Å². The van der Waals surface area contributed by atoms with Crippen molar-refractivity contribution in [3.8, 4) is 0 Å². The lowest BCUT2D eigenvalue weighted by Crippen LogP contribution is -2.29. The molecule has 5 nitrogen and oxygen atoms in total. The molecule has 4 rings (SSSR count). The summed E-state index contributed by atoms with van der Waals surface area (Å²) in [4.78, 5) is 4.96. The van der Waals surface area contributed by atoms with Crippen LogP contribution in [-0.2, 0) is 14.8 Å². The summed E-state index contributed by atoms with van der Waals surface area (Å²) in [5.74, 6) is 0.496. The van der Waals surface area contributed by atoms with Crippen molar-refractivity contribution in [3.05, 3.63) is 66.2 Å². The Morgan fingerprint density at radius 2 is 1.58 bits per heavy atom. The number of hydrogen-bond acceptors (Lipinski definition) is 4. The van der Waals surface area contributed by atoms with Crippen LogP contribution in [0.3, 0.4) is 0 Å². The van der Waals surface area contributed by atoms with Gasteiger partial charge in [0, 0.05) is 0 Å². The maximum absolute atomic E-state index is 13.3. The number of sulfonamides is 1. The van der Waals surface area contributed by atoms with Crippen LogP contribution in [0, 0.1) is 0 Å². The smallest absolute Gasteiger partial charge is 0.244 e. The highest BCUT2D eigenvalue weighted by atomic mass is 32.2. The number of aliphatic imine (C=N–C) groups is 1. The third kappa shape index (κ3) is 2.56. The molecule has 0 N–H and O–H groups in total. The molecule has 0 aliphatic carbocycles. The lowest BCUT2D eigenvalue weighted by Gasteiger charge is -2.12. The Kier molecular flexibility index (Phi) is 3.75. The van der Waals surface area contributed by atoms with E-state index < -0.39 is 15.6 Å². The summed E-state index contributed by atoms with van der Waals surface area (Å²) in [6.45, 7) is 6.32. The fourth-order valence-corrected chi connectivity index (χ4v) is 5.57. The highest BCUT2D eigenvalue weighted by Gasteiger charge is 2.71. The second-order valence-corrected chi connectivity index (χ2v) is 9.41. The van der Waals surface area contributed by atoms with E-state index in [4.69, 9.17) is 4.74 Å². The van der Waals surface area contributed by atoms with Gasteiger partial charge >= 0.3 is 0 Å². The van der Waals surface area contributed by atoms with Gasteiger partial charge in [-0.25, -0.2) is 13.4 Å². The number of nitrogens with zero attached hydrogens (tertiary/aromatic N) is 2. The van der Waals surface area contributed by atoms with Crippen LogP contribution in [-0.4, -0.2) is 36.3 Å². The van der Waals surface area contributed by atoms with Crippen LogP contribution in [0.25, 0.3) is 0 Å². The second-order valence-electron chi connectivity index (χ2n) is 7.59. The van der Waals surface area contributed by atoms with E-state index in [0.29, 0.717) is 12.5 Å². The normalized spacial score (nSPS) is 29.7. The Hall–Kier alpha value is -2.18. The van der Waals surface area contributed by atoms with Crippen LogP contribution in [0.4, 0.5) is 0 Å². The van der Waals surface area contributed by atoms with Crippen molar-refractivity contribution in [1.82, 2.24) is 4.31 Å².